The van der Waals surface area contributed by atoms with Crippen LogP contribution >= 0.6 is 0 Å². The standard InChI is InChI=1S/C33H42N4O8S/c1-23(2)30(38)9-5-10-32(39)36-25-7-4-8-29(20-25)46(42,43)37-26(21-33(40)41)19-24-11-13-27(14-12-24)45-18-6-16-34-31-22-28(44-3)15-17-35-31/h4,7-8,11-15,17,20,22-23,26,37H,5-6,9-10,16,18-19,21H2,1-3H3,(H,34,35)(H,36,39)(H,40,41)/t26-/m0/s1. The van der Waals surface area contributed by atoms with Gasteiger partial charge in [-0.1, -0.05) is 32.0 Å². The first kappa shape index (κ1) is 36.0. The average Bonchev–Trinajstić information content (AvgIpc) is 3.01. The zero-order valence-corrected chi connectivity index (χ0v) is 27.1. The van der Waals surface area contributed by atoms with Crippen molar-refractivity contribution in [3.8, 4) is 11.5 Å². The van der Waals surface area contributed by atoms with Crippen LogP contribution in [0.25, 0.3) is 0 Å². The molecule has 0 aliphatic carbocycles. The number of hydrogen-bond donors (Lipinski definition) is 4. The molecule has 2 aromatic carbocycles. The molecule has 0 bridgehead atoms. The van der Waals surface area contributed by atoms with Gasteiger partial charge in [0.2, 0.25) is 15.9 Å². The summed E-state index contributed by atoms with van der Waals surface area (Å²) in [6.07, 6.45) is 2.89. The molecule has 0 spiro atoms. The van der Waals surface area contributed by atoms with E-state index < -0.39 is 28.5 Å². The Morgan fingerprint density at radius 2 is 1.72 bits per heavy atom. The lowest BCUT2D eigenvalue weighted by Crippen LogP contribution is -2.38. The third kappa shape index (κ3) is 12.5. The second kappa shape index (κ2) is 17.9. The van der Waals surface area contributed by atoms with Crippen LogP contribution in [0.3, 0.4) is 0 Å². The van der Waals surface area contributed by atoms with Crippen molar-refractivity contribution in [1.29, 1.82) is 0 Å². The first-order valence-electron chi connectivity index (χ1n) is 15.1. The minimum Gasteiger partial charge on any atom is -0.497 e. The van der Waals surface area contributed by atoms with Gasteiger partial charge in [-0.05, 0) is 61.2 Å². The van der Waals surface area contributed by atoms with E-state index in [9.17, 15) is 27.9 Å². The number of nitrogens with zero attached hydrogens (tertiary/aromatic N) is 1. The molecule has 0 radical (unpaired) electrons. The van der Waals surface area contributed by atoms with E-state index in [1.165, 1.54) is 18.2 Å². The molecule has 3 rings (SSSR count). The maximum atomic E-state index is 13.2. The SMILES string of the molecule is COc1ccnc(NCCCOc2ccc(C[C@@H](CC(=O)O)NS(=O)(=O)c3cccc(NC(=O)CCCC(=O)C(C)C)c3)cc2)c1. The quantitative estimate of drug-likeness (QED) is 0.125. The van der Waals surface area contributed by atoms with Gasteiger partial charge in [-0.2, -0.15) is 0 Å². The summed E-state index contributed by atoms with van der Waals surface area (Å²) in [4.78, 5) is 39.8. The van der Waals surface area contributed by atoms with E-state index in [1.54, 1.807) is 69.6 Å². The van der Waals surface area contributed by atoms with Crippen molar-refractivity contribution in [3.05, 3.63) is 72.4 Å². The Balaban J connectivity index is 1.52. The van der Waals surface area contributed by atoms with Gasteiger partial charge < -0.3 is 25.2 Å². The van der Waals surface area contributed by atoms with Crippen LogP contribution in [0.15, 0.2) is 71.8 Å². The van der Waals surface area contributed by atoms with Gasteiger partial charge >= 0.3 is 5.97 Å². The number of methoxy groups -OCH3 is 1. The lowest BCUT2D eigenvalue weighted by atomic mass is 10.0. The average molecular weight is 655 g/mol. The number of nitrogens with one attached hydrogen (secondary N) is 3. The molecule has 3 aromatic rings. The summed E-state index contributed by atoms with van der Waals surface area (Å²) < 4.78 is 39.9. The number of anilines is 2. The zero-order chi connectivity index (χ0) is 33.5. The molecule has 0 unspecified atom stereocenters. The lowest BCUT2D eigenvalue weighted by molar-refractivity contribution is -0.137. The van der Waals surface area contributed by atoms with E-state index in [-0.39, 0.29) is 41.0 Å². The Hall–Kier alpha value is -4.49. The second-order valence-electron chi connectivity index (χ2n) is 11.0. The summed E-state index contributed by atoms with van der Waals surface area (Å²) in [5, 5.41) is 15.3. The molecule has 1 atom stereocenters. The molecule has 12 nitrogen and oxygen atoms in total. The van der Waals surface area contributed by atoms with Crippen molar-refractivity contribution < 1.29 is 37.4 Å². The molecule has 248 valence electrons. The number of carboxylic acids is 1. The summed E-state index contributed by atoms with van der Waals surface area (Å²) in [5.41, 5.74) is 1.00. The van der Waals surface area contributed by atoms with Crippen LogP contribution in [-0.2, 0) is 30.8 Å². The minimum atomic E-state index is -4.12. The van der Waals surface area contributed by atoms with Crippen LogP contribution in [0.1, 0.15) is 51.5 Å². The van der Waals surface area contributed by atoms with Gasteiger partial charge in [0.1, 0.15) is 23.1 Å². The fourth-order valence-electron chi connectivity index (χ4n) is 4.45. The number of ether oxygens (including phenoxy) is 2. The Bertz CT molecular complexity index is 1560. The maximum Gasteiger partial charge on any atom is 0.304 e. The smallest absolute Gasteiger partial charge is 0.304 e. The van der Waals surface area contributed by atoms with E-state index >= 15 is 0 Å². The molecular weight excluding hydrogens is 612 g/mol. The number of aromatic nitrogens is 1. The molecule has 1 heterocycles. The van der Waals surface area contributed by atoms with Crippen molar-refractivity contribution in [3.63, 3.8) is 0 Å². The first-order valence-corrected chi connectivity index (χ1v) is 16.6. The van der Waals surface area contributed by atoms with Crippen molar-refractivity contribution >= 4 is 39.2 Å². The number of rotatable bonds is 20. The predicted molar refractivity (Wildman–Crippen MR) is 175 cm³/mol. The molecule has 4 N–H and O–H groups in total. The molecule has 46 heavy (non-hydrogen) atoms. The largest absolute Gasteiger partial charge is 0.497 e. The van der Waals surface area contributed by atoms with Crippen LogP contribution < -0.4 is 24.8 Å². The predicted octanol–water partition coefficient (Wildman–Crippen LogP) is 4.67. The van der Waals surface area contributed by atoms with Crippen LogP contribution in [0.4, 0.5) is 11.5 Å². The van der Waals surface area contributed by atoms with Crippen molar-refractivity contribution in [2.24, 2.45) is 5.92 Å². The molecule has 13 heteroatoms. The van der Waals surface area contributed by atoms with E-state index in [1.807, 2.05) is 0 Å². The molecular formula is C33H42N4O8S. The zero-order valence-electron chi connectivity index (χ0n) is 26.3. The van der Waals surface area contributed by atoms with Gasteiger partial charge in [0.15, 0.2) is 0 Å². The first-order chi connectivity index (χ1) is 21.9. The number of carbonyl (C=O) groups is 3. The van der Waals surface area contributed by atoms with Crippen molar-refractivity contribution in [2.45, 2.75) is 63.3 Å². The minimum absolute atomic E-state index is 0.0790. The molecule has 0 aliphatic heterocycles. The van der Waals surface area contributed by atoms with Crippen molar-refractivity contribution in [2.75, 3.05) is 30.9 Å². The molecule has 1 amide bonds. The van der Waals surface area contributed by atoms with E-state index in [4.69, 9.17) is 9.47 Å². The summed E-state index contributed by atoms with van der Waals surface area (Å²) in [6, 6.07) is 15.4. The molecule has 0 aliphatic rings. The summed E-state index contributed by atoms with van der Waals surface area (Å²) in [7, 11) is -2.53. The third-order valence-corrected chi connectivity index (χ3v) is 8.43. The summed E-state index contributed by atoms with van der Waals surface area (Å²) in [6.45, 7) is 4.71. The van der Waals surface area contributed by atoms with Gasteiger partial charge in [0.25, 0.3) is 0 Å². The topological polar surface area (TPSA) is 173 Å². The Labute approximate surface area is 270 Å². The fourth-order valence-corrected chi connectivity index (χ4v) is 5.73. The van der Waals surface area contributed by atoms with Gasteiger partial charge in [0, 0.05) is 49.3 Å². The highest BCUT2D eigenvalue weighted by molar-refractivity contribution is 7.89. The van der Waals surface area contributed by atoms with Crippen LogP contribution in [0.5, 0.6) is 11.5 Å². The number of carboxylic acid groups (broad SMARTS) is 1. The van der Waals surface area contributed by atoms with Crippen LogP contribution in [0, 0.1) is 5.92 Å². The fraction of sp³-hybridized carbons (Fsp3) is 0.394. The maximum absolute atomic E-state index is 13.2. The number of aliphatic carboxylic acids is 1. The van der Waals surface area contributed by atoms with Gasteiger partial charge in [-0.25, -0.2) is 18.1 Å². The third-order valence-electron chi connectivity index (χ3n) is 6.91. The highest BCUT2D eigenvalue weighted by Gasteiger charge is 2.23. The van der Waals surface area contributed by atoms with Crippen LogP contribution in [-0.4, -0.2) is 62.5 Å². The van der Waals surface area contributed by atoms with Crippen LogP contribution in [0.2, 0.25) is 0 Å². The number of ketones is 1. The van der Waals surface area contributed by atoms with E-state index in [0.717, 1.165) is 5.56 Å². The molecule has 0 saturated heterocycles. The number of hydrogen-bond acceptors (Lipinski definition) is 9. The number of amides is 1. The highest BCUT2D eigenvalue weighted by atomic mass is 32.2. The second-order valence-corrected chi connectivity index (χ2v) is 12.7. The molecule has 1 aromatic heterocycles. The Morgan fingerprint density at radius 3 is 2.41 bits per heavy atom. The Morgan fingerprint density at radius 1 is 0.957 bits per heavy atom. The number of Topliss-reactive ketones (excluding diaryl/α,β-unsaturated/α-hetero) is 1. The van der Waals surface area contributed by atoms with E-state index in [2.05, 4.69) is 20.3 Å². The number of sulfonamides is 1. The number of benzene rings is 2. The van der Waals surface area contributed by atoms with Crippen molar-refractivity contribution in [1.82, 2.24) is 9.71 Å². The number of carbonyl (C=O) groups excluding carboxylic acids is 2. The summed E-state index contributed by atoms with van der Waals surface area (Å²) >= 11 is 0. The highest BCUT2D eigenvalue weighted by Crippen LogP contribution is 2.20. The molecule has 0 saturated carbocycles. The Kier molecular flexibility index (Phi) is 14.0. The van der Waals surface area contributed by atoms with Gasteiger partial charge in [-0.3, -0.25) is 14.4 Å². The van der Waals surface area contributed by atoms with Gasteiger partial charge in [0.05, 0.1) is 25.0 Å². The molecule has 0 fully saturated rings. The number of pyridine rings is 1. The van der Waals surface area contributed by atoms with E-state index in [0.29, 0.717) is 49.7 Å². The lowest BCUT2D eigenvalue weighted by Gasteiger charge is -2.18. The van der Waals surface area contributed by atoms with Gasteiger partial charge in [-0.15, -0.1) is 0 Å². The normalized spacial score (nSPS) is 11.9. The monoisotopic (exact) mass is 654 g/mol. The summed E-state index contributed by atoms with van der Waals surface area (Å²) in [5.74, 6) is 0.548.